The van der Waals surface area contributed by atoms with E-state index < -0.39 is 0 Å². The molecule has 0 saturated carbocycles. The van der Waals surface area contributed by atoms with E-state index in [1.165, 1.54) is 38.6 Å². The van der Waals surface area contributed by atoms with E-state index in [-0.39, 0.29) is 5.41 Å². The Hall–Kier alpha value is -2.93. The first kappa shape index (κ1) is 14.4. The lowest BCUT2D eigenvalue weighted by molar-refractivity contribution is 0.662. The van der Waals surface area contributed by atoms with E-state index in [9.17, 15) is 0 Å². The van der Waals surface area contributed by atoms with Crippen LogP contribution in [0.1, 0.15) is 25.0 Å². The van der Waals surface area contributed by atoms with Gasteiger partial charge in [0.1, 0.15) is 0 Å². The van der Waals surface area contributed by atoms with Gasteiger partial charge in [0.25, 0.3) is 0 Å². The van der Waals surface area contributed by atoms with Gasteiger partial charge in [-0.2, -0.15) is 0 Å². The van der Waals surface area contributed by atoms with Gasteiger partial charge in [-0.05, 0) is 33.7 Å². The molecule has 1 aliphatic rings. The molecule has 1 aromatic heterocycles. The monoisotopic (exact) mass is 321 g/mol. The lowest BCUT2D eigenvalue weighted by Gasteiger charge is -2.24. The van der Waals surface area contributed by atoms with Crippen molar-refractivity contribution in [2.75, 3.05) is 0 Å². The van der Waals surface area contributed by atoms with Gasteiger partial charge in [0.05, 0.1) is 5.69 Å². The third-order valence-corrected chi connectivity index (χ3v) is 5.51. The predicted molar refractivity (Wildman–Crippen MR) is 105 cm³/mol. The molecule has 0 radical (unpaired) electrons. The van der Waals surface area contributed by atoms with Gasteiger partial charge < -0.3 is 0 Å². The fraction of sp³-hybridized carbons (Fsp3) is 0.125. The Labute approximate surface area is 148 Å². The van der Waals surface area contributed by atoms with Gasteiger partial charge in [0.15, 0.2) is 0 Å². The lowest BCUT2D eigenvalue weighted by Crippen LogP contribution is -2.16. The van der Waals surface area contributed by atoms with Crippen LogP contribution in [0.5, 0.6) is 0 Å². The second kappa shape index (κ2) is 5.03. The van der Waals surface area contributed by atoms with E-state index in [1.54, 1.807) is 0 Å². The maximum Gasteiger partial charge on any atom is 0.0783 e. The van der Waals surface area contributed by atoms with Crippen LogP contribution in [0.4, 0.5) is 0 Å². The molecule has 0 N–H and O–H groups in total. The van der Waals surface area contributed by atoms with E-state index in [0.717, 1.165) is 5.69 Å². The van der Waals surface area contributed by atoms with Crippen molar-refractivity contribution in [1.29, 1.82) is 0 Å². The highest BCUT2D eigenvalue weighted by Crippen LogP contribution is 2.52. The summed E-state index contributed by atoms with van der Waals surface area (Å²) in [6, 6.07) is 26.0. The second-order valence-electron chi connectivity index (χ2n) is 7.28. The smallest absolute Gasteiger partial charge is 0.0783 e. The van der Waals surface area contributed by atoms with Crippen molar-refractivity contribution in [2.24, 2.45) is 0 Å². The molecule has 0 saturated heterocycles. The van der Waals surface area contributed by atoms with Gasteiger partial charge in [-0.1, -0.05) is 80.6 Å². The zero-order chi connectivity index (χ0) is 17.0. The van der Waals surface area contributed by atoms with Crippen LogP contribution in [-0.4, -0.2) is 4.98 Å². The minimum atomic E-state index is -0.0266. The molecule has 0 amide bonds. The maximum absolute atomic E-state index is 4.78. The lowest BCUT2D eigenvalue weighted by atomic mass is 9.79. The average molecular weight is 321 g/mol. The van der Waals surface area contributed by atoms with Crippen molar-refractivity contribution in [3.05, 3.63) is 90.1 Å². The molecule has 0 atom stereocenters. The molecule has 1 heteroatoms. The highest BCUT2D eigenvalue weighted by atomic mass is 14.7. The standard InChI is InChI=1S/C24H19N/c1-24(2)21-13-6-5-10-18(21)19-11-7-12-20(22(19)24)23-17-9-4-3-8-16(17)14-15-25-23/h3-15H,1-2H3. The molecule has 25 heavy (non-hydrogen) atoms. The third-order valence-electron chi connectivity index (χ3n) is 5.51. The van der Waals surface area contributed by atoms with Crippen LogP contribution < -0.4 is 0 Å². The molecule has 0 spiro atoms. The highest BCUT2D eigenvalue weighted by Gasteiger charge is 2.37. The first-order valence-corrected chi connectivity index (χ1v) is 8.75. The first-order chi connectivity index (χ1) is 12.2. The van der Waals surface area contributed by atoms with Gasteiger partial charge in [0, 0.05) is 22.6 Å². The Morgan fingerprint density at radius 2 is 1.40 bits per heavy atom. The molecule has 3 aromatic carbocycles. The number of fused-ring (bicyclic) bond motifs is 4. The summed E-state index contributed by atoms with van der Waals surface area (Å²) in [7, 11) is 0. The number of rotatable bonds is 1. The summed E-state index contributed by atoms with van der Waals surface area (Å²) in [5, 5.41) is 2.45. The van der Waals surface area contributed by atoms with Crippen LogP contribution in [-0.2, 0) is 5.41 Å². The van der Waals surface area contributed by atoms with Gasteiger partial charge in [-0.25, -0.2) is 0 Å². The molecular weight excluding hydrogens is 302 g/mol. The Morgan fingerprint density at radius 1 is 0.680 bits per heavy atom. The SMILES string of the molecule is CC1(C)c2ccccc2-c2cccc(-c3nccc4ccccc34)c21. The molecule has 4 aromatic rings. The van der Waals surface area contributed by atoms with Crippen LogP contribution in [0.3, 0.4) is 0 Å². The van der Waals surface area contributed by atoms with Gasteiger partial charge >= 0.3 is 0 Å². The minimum Gasteiger partial charge on any atom is -0.256 e. The normalized spacial score (nSPS) is 14.3. The Bertz CT molecular complexity index is 1120. The van der Waals surface area contributed by atoms with Crippen LogP contribution in [0.25, 0.3) is 33.2 Å². The largest absolute Gasteiger partial charge is 0.256 e. The van der Waals surface area contributed by atoms with E-state index >= 15 is 0 Å². The van der Waals surface area contributed by atoms with Gasteiger partial charge in [-0.15, -0.1) is 0 Å². The number of nitrogens with zero attached hydrogens (tertiary/aromatic N) is 1. The summed E-state index contributed by atoms with van der Waals surface area (Å²) in [5.41, 5.74) is 7.78. The number of hydrogen-bond donors (Lipinski definition) is 0. The van der Waals surface area contributed by atoms with Gasteiger partial charge in [0.2, 0.25) is 0 Å². The summed E-state index contributed by atoms with van der Waals surface area (Å²) >= 11 is 0. The van der Waals surface area contributed by atoms with Crippen LogP contribution in [0.2, 0.25) is 0 Å². The Kier molecular flexibility index (Phi) is 2.90. The zero-order valence-corrected chi connectivity index (χ0v) is 14.5. The highest BCUT2D eigenvalue weighted by molar-refractivity contribution is 5.98. The zero-order valence-electron chi connectivity index (χ0n) is 14.5. The average Bonchev–Trinajstić information content (AvgIpc) is 2.90. The molecule has 1 heterocycles. The molecular formula is C24H19N. The van der Waals surface area contributed by atoms with Crippen molar-refractivity contribution in [3.8, 4) is 22.4 Å². The summed E-state index contributed by atoms with van der Waals surface area (Å²) < 4.78 is 0. The minimum absolute atomic E-state index is 0.0266. The van der Waals surface area contributed by atoms with Crippen molar-refractivity contribution in [3.63, 3.8) is 0 Å². The topological polar surface area (TPSA) is 12.9 Å². The fourth-order valence-electron chi connectivity index (χ4n) is 4.38. The number of benzene rings is 3. The van der Waals surface area contributed by atoms with Crippen molar-refractivity contribution >= 4 is 10.8 Å². The molecule has 1 aliphatic carbocycles. The molecule has 0 unspecified atom stereocenters. The van der Waals surface area contributed by atoms with Crippen LogP contribution in [0.15, 0.2) is 79.0 Å². The third kappa shape index (κ3) is 1.93. The summed E-state index contributed by atoms with van der Waals surface area (Å²) in [4.78, 5) is 4.78. The quantitative estimate of drug-likeness (QED) is 0.406. The second-order valence-corrected chi connectivity index (χ2v) is 7.28. The van der Waals surface area contributed by atoms with E-state index in [1.807, 2.05) is 6.20 Å². The maximum atomic E-state index is 4.78. The molecule has 1 nitrogen and oxygen atoms in total. The summed E-state index contributed by atoms with van der Waals surface area (Å²) in [6.07, 6.45) is 1.92. The molecule has 5 rings (SSSR count). The van der Waals surface area contributed by atoms with Crippen LogP contribution >= 0.6 is 0 Å². The Morgan fingerprint density at radius 3 is 2.32 bits per heavy atom. The summed E-state index contributed by atoms with van der Waals surface area (Å²) in [5.74, 6) is 0. The van der Waals surface area contributed by atoms with Crippen molar-refractivity contribution in [2.45, 2.75) is 19.3 Å². The first-order valence-electron chi connectivity index (χ1n) is 8.75. The van der Waals surface area contributed by atoms with Crippen LogP contribution in [0, 0.1) is 0 Å². The molecule has 120 valence electrons. The number of aromatic nitrogens is 1. The van der Waals surface area contributed by atoms with Crippen molar-refractivity contribution < 1.29 is 0 Å². The number of hydrogen-bond acceptors (Lipinski definition) is 1. The molecule has 0 fully saturated rings. The van der Waals surface area contributed by atoms with E-state index in [0.29, 0.717) is 0 Å². The Balaban J connectivity index is 1.87. The van der Waals surface area contributed by atoms with Crippen molar-refractivity contribution in [1.82, 2.24) is 4.98 Å². The predicted octanol–water partition coefficient (Wildman–Crippen LogP) is 6.21. The molecule has 0 aliphatic heterocycles. The molecule has 0 bridgehead atoms. The van der Waals surface area contributed by atoms with Gasteiger partial charge in [-0.3, -0.25) is 4.98 Å². The fourth-order valence-corrected chi connectivity index (χ4v) is 4.38. The van der Waals surface area contributed by atoms with E-state index in [4.69, 9.17) is 4.98 Å². The number of pyridine rings is 1. The van der Waals surface area contributed by atoms with E-state index in [2.05, 4.69) is 86.6 Å². The summed E-state index contributed by atoms with van der Waals surface area (Å²) in [6.45, 7) is 4.65.